The molecule has 0 unspecified atom stereocenters. The third kappa shape index (κ3) is 1.80. The van der Waals surface area contributed by atoms with Crippen molar-refractivity contribution < 1.29 is 14.6 Å². The quantitative estimate of drug-likeness (QED) is 0.755. The minimum atomic E-state index is -0.328. The summed E-state index contributed by atoms with van der Waals surface area (Å²) in [4.78, 5) is 11.8. The summed E-state index contributed by atoms with van der Waals surface area (Å²) < 4.78 is 6.05. The number of phenolic OH excluding ortho intramolecular Hbond substituents is 1. The molecule has 2 rings (SSSR count). The number of phenols is 1. The van der Waals surface area contributed by atoms with Gasteiger partial charge in [0.15, 0.2) is 5.75 Å². The molecule has 2 aromatic rings. The fraction of sp³-hybridized carbons (Fsp3) is 0.182. The molecular weight excluding hydrogens is 212 g/mol. The highest BCUT2D eigenvalue weighted by atomic mass is 32.1. The van der Waals surface area contributed by atoms with Crippen LogP contribution in [0.1, 0.15) is 11.8 Å². The molecule has 0 fully saturated rings. The standard InChI is InChI=1S/C11H10O3S/c1-6-11(14-7(2)12)9-4-3-8(13)5-10(9)15-6/h3-5,13H,1-2H3. The normalized spacial score (nSPS) is 10.5. The van der Waals surface area contributed by atoms with Crippen molar-refractivity contribution in [2.75, 3.05) is 0 Å². The summed E-state index contributed by atoms with van der Waals surface area (Å²) in [6, 6.07) is 5.01. The molecule has 1 aromatic heterocycles. The number of fused-ring (bicyclic) bond motifs is 1. The Hall–Kier alpha value is -1.55. The topological polar surface area (TPSA) is 46.5 Å². The highest BCUT2D eigenvalue weighted by molar-refractivity contribution is 7.19. The molecule has 4 heteroatoms. The third-order valence-electron chi connectivity index (χ3n) is 2.04. The molecule has 0 bridgehead atoms. The molecule has 0 aliphatic rings. The number of esters is 1. The van der Waals surface area contributed by atoms with E-state index in [0.717, 1.165) is 15.0 Å². The number of hydrogen-bond acceptors (Lipinski definition) is 4. The Morgan fingerprint density at radius 2 is 2.20 bits per heavy atom. The maximum Gasteiger partial charge on any atom is 0.308 e. The Bertz CT molecular complexity index is 528. The Morgan fingerprint density at radius 1 is 1.47 bits per heavy atom. The fourth-order valence-corrected chi connectivity index (χ4v) is 2.48. The maximum atomic E-state index is 10.9. The number of rotatable bonds is 1. The summed E-state index contributed by atoms with van der Waals surface area (Å²) >= 11 is 1.50. The summed E-state index contributed by atoms with van der Waals surface area (Å²) in [6.07, 6.45) is 0. The lowest BCUT2D eigenvalue weighted by Gasteiger charge is -2.00. The van der Waals surface area contributed by atoms with Crippen LogP contribution < -0.4 is 4.74 Å². The molecule has 0 radical (unpaired) electrons. The van der Waals surface area contributed by atoms with Gasteiger partial charge in [0.25, 0.3) is 0 Å². The molecule has 1 N–H and O–H groups in total. The van der Waals surface area contributed by atoms with Crippen molar-refractivity contribution in [3.05, 3.63) is 23.1 Å². The molecule has 1 aromatic carbocycles. The SMILES string of the molecule is CC(=O)Oc1c(C)sc2cc(O)ccc12. The van der Waals surface area contributed by atoms with Gasteiger partial charge in [-0.05, 0) is 25.1 Å². The van der Waals surface area contributed by atoms with Crippen LogP contribution in [0, 0.1) is 6.92 Å². The second-order valence-electron chi connectivity index (χ2n) is 3.26. The van der Waals surface area contributed by atoms with Gasteiger partial charge in [-0.2, -0.15) is 0 Å². The molecule has 3 nitrogen and oxygen atoms in total. The number of carbonyl (C=O) groups is 1. The van der Waals surface area contributed by atoms with Gasteiger partial charge in [0.1, 0.15) is 5.75 Å². The van der Waals surface area contributed by atoms with E-state index in [9.17, 15) is 9.90 Å². The van der Waals surface area contributed by atoms with Crippen LogP contribution in [-0.4, -0.2) is 11.1 Å². The smallest absolute Gasteiger partial charge is 0.308 e. The lowest BCUT2D eigenvalue weighted by atomic mass is 10.2. The van der Waals surface area contributed by atoms with Crippen molar-refractivity contribution >= 4 is 27.4 Å². The van der Waals surface area contributed by atoms with E-state index in [1.807, 2.05) is 6.92 Å². The van der Waals surface area contributed by atoms with E-state index < -0.39 is 0 Å². The number of hydrogen-bond donors (Lipinski definition) is 1. The minimum absolute atomic E-state index is 0.220. The monoisotopic (exact) mass is 222 g/mol. The molecule has 0 saturated carbocycles. The van der Waals surface area contributed by atoms with Gasteiger partial charge >= 0.3 is 5.97 Å². The molecule has 0 aliphatic carbocycles. The number of aryl methyl sites for hydroxylation is 1. The summed E-state index contributed by atoms with van der Waals surface area (Å²) in [5.41, 5.74) is 0. The van der Waals surface area contributed by atoms with Gasteiger partial charge in [-0.1, -0.05) is 0 Å². The van der Waals surface area contributed by atoms with E-state index in [1.54, 1.807) is 18.2 Å². The molecule has 0 spiro atoms. The summed E-state index contributed by atoms with van der Waals surface area (Å²) in [5, 5.41) is 10.2. The van der Waals surface area contributed by atoms with Crippen LogP contribution in [0.2, 0.25) is 0 Å². The van der Waals surface area contributed by atoms with Gasteiger partial charge in [0.2, 0.25) is 0 Å². The van der Waals surface area contributed by atoms with Gasteiger partial charge in [0, 0.05) is 21.9 Å². The van der Waals surface area contributed by atoms with Crippen molar-refractivity contribution in [3.63, 3.8) is 0 Å². The number of benzene rings is 1. The minimum Gasteiger partial charge on any atom is -0.508 e. The predicted molar refractivity (Wildman–Crippen MR) is 59.5 cm³/mol. The number of ether oxygens (including phenoxy) is 1. The zero-order valence-corrected chi connectivity index (χ0v) is 9.22. The van der Waals surface area contributed by atoms with Crippen molar-refractivity contribution in [2.45, 2.75) is 13.8 Å². The number of aromatic hydroxyl groups is 1. The Kier molecular flexibility index (Phi) is 2.36. The van der Waals surface area contributed by atoms with Crippen molar-refractivity contribution in [1.82, 2.24) is 0 Å². The molecule has 78 valence electrons. The molecule has 1 heterocycles. The largest absolute Gasteiger partial charge is 0.508 e. The second kappa shape index (κ2) is 3.55. The van der Waals surface area contributed by atoms with E-state index in [0.29, 0.717) is 5.75 Å². The van der Waals surface area contributed by atoms with Crippen LogP contribution in [0.3, 0.4) is 0 Å². The van der Waals surface area contributed by atoms with Crippen molar-refractivity contribution in [3.8, 4) is 11.5 Å². The van der Waals surface area contributed by atoms with Crippen molar-refractivity contribution in [1.29, 1.82) is 0 Å². The number of carbonyl (C=O) groups excluding carboxylic acids is 1. The molecule has 0 saturated heterocycles. The van der Waals surface area contributed by atoms with Gasteiger partial charge in [-0.15, -0.1) is 11.3 Å². The van der Waals surface area contributed by atoms with Gasteiger partial charge in [0.05, 0.1) is 0 Å². The summed E-state index contributed by atoms with van der Waals surface area (Å²) in [6.45, 7) is 3.27. The predicted octanol–water partition coefficient (Wildman–Crippen LogP) is 2.84. The average molecular weight is 222 g/mol. The van der Waals surface area contributed by atoms with E-state index >= 15 is 0 Å². The average Bonchev–Trinajstić information content (AvgIpc) is 2.41. The molecule has 15 heavy (non-hydrogen) atoms. The molecular formula is C11H10O3S. The van der Waals surface area contributed by atoms with Gasteiger partial charge in [-0.25, -0.2) is 0 Å². The molecule has 0 amide bonds. The fourth-order valence-electron chi connectivity index (χ4n) is 1.45. The van der Waals surface area contributed by atoms with Crippen LogP contribution in [0.4, 0.5) is 0 Å². The van der Waals surface area contributed by atoms with Crippen LogP contribution in [0.25, 0.3) is 10.1 Å². The van der Waals surface area contributed by atoms with E-state index in [2.05, 4.69) is 0 Å². The lowest BCUT2D eigenvalue weighted by molar-refractivity contribution is -0.131. The third-order valence-corrected chi connectivity index (χ3v) is 3.09. The summed E-state index contributed by atoms with van der Waals surface area (Å²) in [5.74, 6) is 0.492. The van der Waals surface area contributed by atoms with E-state index in [-0.39, 0.29) is 11.7 Å². The lowest BCUT2D eigenvalue weighted by Crippen LogP contribution is -2.01. The first-order valence-corrected chi connectivity index (χ1v) is 5.30. The highest BCUT2D eigenvalue weighted by Crippen LogP contribution is 2.38. The van der Waals surface area contributed by atoms with Crippen molar-refractivity contribution in [2.24, 2.45) is 0 Å². The zero-order chi connectivity index (χ0) is 11.0. The molecule has 0 aliphatic heterocycles. The summed E-state index contributed by atoms with van der Waals surface area (Å²) in [7, 11) is 0. The number of thiophene rings is 1. The zero-order valence-electron chi connectivity index (χ0n) is 8.40. The van der Waals surface area contributed by atoms with Gasteiger partial charge in [-0.3, -0.25) is 4.79 Å². The van der Waals surface area contributed by atoms with Crippen LogP contribution in [-0.2, 0) is 4.79 Å². The van der Waals surface area contributed by atoms with E-state index in [1.165, 1.54) is 18.3 Å². The molecule has 0 atom stereocenters. The first-order valence-electron chi connectivity index (χ1n) is 4.48. The maximum absolute atomic E-state index is 10.9. The first-order chi connectivity index (χ1) is 7.08. The van der Waals surface area contributed by atoms with Crippen LogP contribution in [0.5, 0.6) is 11.5 Å². The highest BCUT2D eigenvalue weighted by Gasteiger charge is 2.12. The second-order valence-corrected chi connectivity index (χ2v) is 4.52. The Balaban J connectivity index is 2.63. The Labute approximate surface area is 90.9 Å². The van der Waals surface area contributed by atoms with Crippen LogP contribution >= 0.6 is 11.3 Å². The first kappa shape index (κ1) is 9.98. The van der Waals surface area contributed by atoms with E-state index in [4.69, 9.17) is 4.74 Å². The Morgan fingerprint density at radius 3 is 2.87 bits per heavy atom. The van der Waals surface area contributed by atoms with Gasteiger partial charge < -0.3 is 9.84 Å². The van der Waals surface area contributed by atoms with Crippen LogP contribution in [0.15, 0.2) is 18.2 Å².